The van der Waals surface area contributed by atoms with Crippen molar-refractivity contribution in [2.45, 2.75) is 25.6 Å². The van der Waals surface area contributed by atoms with E-state index in [9.17, 15) is 27.2 Å². The number of carbonyl (C=O) groups excluding carboxylic acids is 2. The third-order valence-corrected chi connectivity index (χ3v) is 5.07. The van der Waals surface area contributed by atoms with Crippen LogP contribution in [-0.2, 0) is 16.1 Å². The van der Waals surface area contributed by atoms with Crippen LogP contribution in [0.2, 0.25) is 0 Å². The van der Waals surface area contributed by atoms with Gasteiger partial charge in [0.05, 0.1) is 12.2 Å². The van der Waals surface area contributed by atoms with Gasteiger partial charge in [0.15, 0.2) is 11.6 Å². The molecule has 7 nitrogen and oxygen atoms in total. The Morgan fingerprint density at radius 2 is 1.68 bits per heavy atom. The number of esters is 2. The van der Waals surface area contributed by atoms with Crippen LogP contribution >= 0.6 is 0 Å². The average molecular weight is 532 g/mol. The van der Waals surface area contributed by atoms with Crippen molar-refractivity contribution in [2.75, 3.05) is 18.1 Å². The minimum Gasteiger partial charge on any atom is -0.491 e. The number of carbonyl (C=O) groups is 2. The minimum atomic E-state index is -4.32. The third kappa shape index (κ3) is 8.84. The summed E-state index contributed by atoms with van der Waals surface area (Å²) in [5.74, 6) is -2.44. The first-order valence-corrected chi connectivity index (χ1v) is 11.3. The molecule has 0 atom stereocenters. The van der Waals surface area contributed by atoms with E-state index in [-0.39, 0.29) is 36.7 Å². The van der Waals surface area contributed by atoms with E-state index in [2.05, 4.69) is 0 Å². The van der Waals surface area contributed by atoms with E-state index >= 15 is 0 Å². The lowest BCUT2D eigenvalue weighted by Gasteiger charge is -2.10. The number of anilines is 2. The highest BCUT2D eigenvalue weighted by atomic mass is 19.4. The number of halogens is 4. The maximum absolute atomic E-state index is 14.2. The molecule has 0 spiro atoms. The highest BCUT2D eigenvalue weighted by Gasteiger charge is 2.26. The van der Waals surface area contributed by atoms with E-state index in [1.165, 1.54) is 30.4 Å². The van der Waals surface area contributed by atoms with Gasteiger partial charge in [0.2, 0.25) is 0 Å². The van der Waals surface area contributed by atoms with Gasteiger partial charge in [-0.3, -0.25) is 0 Å². The van der Waals surface area contributed by atoms with Crippen LogP contribution < -0.4 is 20.9 Å². The summed E-state index contributed by atoms with van der Waals surface area (Å²) in [6, 6.07) is 14.3. The number of rotatable bonds is 10. The van der Waals surface area contributed by atoms with Crippen LogP contribution in [0, 0.1) is 5.82 Å². The van der Waals surface area contributed by atoms with E-state index in [0.29, 0.717) is 22.5 Å². The standard InChI is InChI=1S/C27H24F4N2O5/c28-22-14-18(6-10-24(22)36-13-1-12-27(29,30)31)26(35)38-21-8-2-17(3-9-21)4-11-25(34)37-16-19-5-7-20(32)15-23(19)33/h2-11,14-15H,1,12-13,16,32-33H2. The Morgan fingerprint density at radius 1 is 0.947 bits per heavy atom. The van der Waals surface area contributed by atoms with Crippen molar-refractivity contribution < 1.29 is 41.4 Å². The number of hydrogen-bond donors (Lipinski definition) is 2. The summed E-state index contributed by atoms with van der Waals surface area (Å²) in [6.45, 7) is -0.341. The average Bonchev–Trinajstić information content (AvgIpc) is 2.85. The van der Waals surface area contributed by atoms with Gasteiger partial charge in [0.1, 0.15) is 12.4 Å². The monoisotopic (exact) mass is 532 g/mol. The Labute approximate surface area is 215 Å². The van der Waals surface area contributed by atoms with Crippen LogP contribution in [0.1, 0.15) is 34.3 Å². The smallest absolute Gasteiger partial charge is 0.389 e. The summed E-state index contributed by atoms with van der Waals surface area (Å²) in [6.07, 6.45) is -2.95. The van der Waals surface area contributed by atoms with E-state index in [4.69, 9.17) is 25.7 Å². The summed E-state index contributed by atoms with van der Waals surface area (Å²) in [7, 11) is 0. The highest BCUT2D eigenvalue weighted by Crippen LogP contribution is 2.24. The van der Waals surface area contributed by atoms with Gasteiger partial charge in [-0.25, -0.2) is 14.0 Å². The van der Waals surface area contributed by atoms with Crippen molar-refractivity contribution in [2.24, 2.45) is 0 Å². The molecule has 0 aliphatic carbocycles. The first-order valence-electron chi connectivity index (χ1n) is 11.3. The lowest BCUT2D eigenvalue weighted by atomic mass is 10.2. The largest absolute Gasteiger partial charge is 0.491 e. The fourth-order valence-corrected chi connectivity index (χ4v) is 3.12. The maximum Gasteiger partial charge on any atom is 0.389 e. The van der Waals surface area contributed by atoms with Gasteiger partial charge in [-0.1, -0.05) is 18.2 Å². The number of benzene rings is 3. The number of ether oxygens (including phenoxy) is 3. The lowest BCUT2D eigenvalue weighted by Crippen LogP contribution is -2.11. The molecular formula is C27H24F4N2O5. The van der Waals surface area contributed by atoms with Crippen LogP contribution in [0.15, 0.2) is 66.7 Å². The van der Waals surface area contributed by atoms with Gasteiger partial charge in [-0.2, -0.15) is 13.2 Å². The fourth-order valence-electron chi connectivity index (χ4n) is 3.12. The molecule has 3 aromatic rings. The topological polar surface area (TPSA) is 114 Å². The SMILES string of the molecule is Nc1ccc(COC(=O)C=Cc2ccc(OC(=O)c3ccc(OCCCC(F)(F)F)c(F)c3)cc2)c(N)c1. The van der Waals surface area contributed by atoms with Crippen molar-refractivity contribution in [3.8, 4) is 11.5 Å². The molecule has 4 N–H and O–H groups in total. The Morgan fingerprint density at radius 3 is 2.34 bits per heavy atom. The third-order valence-electron chi connectivity index (χ3n) is 5.07. The van der Waals surface area contributed by atoms with E-state index in [1.807, 2.05) is 0 Å². The first kappa shape index (κ1) is 28.0. The van der Waals surface area contributed by atoms with Crippen molar-refractivity contribution >= 4 is 29.4 Å². The van der Waals surface area contributed by atoms with Crippen molar-refractivity contribution in [1.29, 1.82) is 0 Å². The van der Waals surface area contributed by atoms with Crippen LogP contribution in [0.4, 0.5) is 28.9 Å². The molecule has 0 bridgehead atoms. The van der Waals surface area contributed by atoms with Gasteiger partial charge >= 0.3 is 18.1 Å². The minimum absolute atomic E-state index is 0.0179. The molecule has 0 radical (unpaired) electrons. The van der Waals surface area contributed by atoms with Gasteiger partial charge in [-0.15, -0.1) is 0 Å². The van der Waals surface area contributed by atoms with Crippen LogP contribution in [0.3, 0.4) is 0 Å². The summed E-state index contributed by atoms with van der Waals surface area (Å²) in [5.41, 5.74) is 13.5. The molecule has 0 fully saturated rings. The normalized spacial score (nSPS) is 11.4. The molecule has 0 unspecified atom stereocenters. The van der Waals surface area contributed by atoms with Crippen molar-refractivity contribution in [3.63, 3.8) is 0 Å². The Kier molecular flexibility index (Phi) is 9.31. The van der Waals surface area contributed by atoms with Crippen LogP contribution in [0.25, 0.3) is 6.08 Å². The molecule has 0 aromatic heterocycles. The first-order chi connectivity index (χ1) is 18.0. The Balaban J connectivity index is 1.49. The van der Waals surface area contributed by atoms with Gasteiger partial charge in [0.25, 0.3) is 0 Å². The molecule has 3 rings (SSSR count). The predicted molar refractivity (Wildman–Crippen MR) is 133 cm³/mol. The summed E-state index contributed by atoms with van der Waals surface area (Å²) < 4.78 is 66.1. The molecule has 11 heteroatoms. The fraction of sp³-hybridized carbons (Fsp3) is 0.185. The van der Waals surface area contributed by atoms with E-state index in [0.717, 1.165) is 12.1 Å². The second kappa shape index (κ2) is 12.6. The summed E-state index contributed by atoms with van der Waals surface area (Å²) >= 11 is 0. The Bertz CT molecular complexity index is 1310. The molecule has 0 heterocycles. The summed E-state index contributed by atoms with van der Waals surface area (Å²) in [4.78, 5) is 24.3. The van der Waals surface area contributed by atoms with Crippen LogP contribution in [-0.4, -0.2) is 24.7 Å². The van der Waals surface area contributed by atoms with Gasteiger partial charge in [0, 0.05) is 29.4 Å². The second-order valence-corrected chi connectivity index (χ2v) is 8.07. The highest BCUT2D eigenvalue weighted by molar-refractivity contribution is 5.91. The van der Waals surface area contributed by atoms with Crippen LogP contribution in [0.5, 0.6) is 11.5 Å². The quantitative estimate of drug-likeness (QED) is 0.0862. The summed E-state index contributed by atoms with van der Waals surface area (Å²) in [5, 5.41) is 0. The van der Waals surface area contributed by atoms with Crippen molar-refractivity contribution in [1.82, 2.24) is 0 Å². The zero-order chi connectivity index (χ0) is 27.7. The molecule has 0 amide bonds. The molecule has 0 aliphatic heterocycles. The van der Waals surface area contributed by atoms with Crippen molar-refractivity contribution in [3.05, 3.63) is 89.2 Å². The van der Waals surface area contributed by atoms with E-state index in [1.54, 1.807) is 30.3 Å². The number of alkyl halides is 3. The second-order valence-electron chi connectivity index (χ2n) is 8.07. The molecule has 0 aliphatic rings. The van der Waals surface area contributed by atoms with Gasteiger partial charge < -0.3 is 25.7 Å². The number of hydrogen-bond acceptors (Lipinski definition) is 7. The zero-order valence-corrected chi connectivity index (χ0v) is 20.0. The van der Waals surface area contributed by atoms with Gasteiger partial charge in [-0.05, 0) is 60.5 Å². The molecule has 200 valence electrons. The predicted octanol–water partition coefficient (Wildman–Crippen LogP) is 5.69. The molecule has 0 saturated carbocycles. The molecule has 38 heavy (non-hydrogen) atoms. The number of nitrogens with two attached hydrogens (primary N) is 2. The molecular weight excluding hydrogens is 508 g/mol. The molecule has 0 saturated heterocycles. The Hall–Kier alpha value is -4.54. The maximum atomic E-state index is 14.2. The zero-order valence-electron chi connectivity index (χ0n) is 20.0. The molecule has 3 aromatic carbocycles. The lowest BCUT2D eigenvalue weighted by molar-refractivity contribution is -0.139. The number of nitrogen functional groups attached to an aromatic ring is 2. The van der Waals surface area contributed by atoms with E-state index < -0.39 is 30.4 Å².